The van der Waals surface area contributed by atoms with Gasteiger partial charge in [-0.3, -0.25) is 4.79 Å². The van der Waals surface area contributed by atoms with Crippen molar-refractivity contribution in [1.29, 1.82) is 0 Å². The van der Waals surface area contributed by atoms with Gasteiger partial charge in [0.1, 0.15) is 5.82 Å². The average molecular weight is 398 g/mol. The van der Waals surface area contributed by atoms with Crippen LogP contribution in [0.25, 0.3) is 5.69 Å². The Kier molecular flexibility index (Phi) is 6.79. The van der Waals surface area contributed by atoms with Gasteiger partial charge >= 0.3 is 0 Å². The minimum atomic E-state index is -0.341. The lowest BCUT2D eigenvalue weighted by Gasteiger charge is -2.10. The summed E-state index contributed by atoms with van der Waals surface area (Å²) in [6.07, 6.45) is 1.58. The Hall–Kier alpha value is -2.70. The first kappa shape index (κ1) is 20.0. The quantitative estimate of drug-likeness (QED) is 0.596. The van der Waals surface area contributed by atoms with Gasteiger partial charge in [0.05, 0.1) is 10.7 Å². The third-order valence-corrected chi connectivity index (χ3v) is 4.58. The predicted octanol–water partition coefficient (Wildman–Crippen LogP) is 4.24. The Morgan fingerprint density at radius 3 is 2.61 bits per heavy atom. The molecule has 2 aromatic carbocycles. The van der Waals surface area contributed by atoms with Crippen molar-refractivity contribution >= 4 is 23.2 Å². The van der Waals surface area contributed by atoms with E-state index in [2.05, 4.69) is 27.6 Å². The van der Waals surface area contributed by atoms with Gasteiger partial charge in [0, 0.05) is 18.7 Å². The predicted molar refractivity (Wildman–Crippen MR) is 112 cm³/mol. The minimum Gasteiger partial charge on any atom is -0.319 e. The number of rotatable bonds is 8. The lowest BCUT2D eigenvalue weighted by Crippen LogP contribution is -2.18. The average Bonchev–Trinajstić information content (AvgIpc) is 3.12. The molecule has 1 heterocycles. The van der Waals surface area contributed by atoms with Crippen LogP contribution < -0.4 is 10.6 Å². The van der Waals surface area contributed by atoms with Gasteiger partial charge in [0.25, 0.3) is 5.91 Å². The molecule has 0 unspecified atom stereocenters. The Bertz CT molecular complexity index is 953. The molecule has 1 amide bonds. The maximum absolute atomic E-state index is 12.8. The summed E-state index contributed by atoms with van der Waals surface area (Å²) in [5.74, 6) is 0.496. The second kappa shape index (κ2) is 9.48. The number of anilines is 1. The van der Waals surface area contributed by atoms with Crippen molar-refractivity contribution in [2.24, 2.45) is 0 Å². The Morgan fingerprint density at radius 1 is 1.11 bits per heavy atom. The topological polar surface area (TPSA) is 71.8 Å². The molecule has 0 atom stereocenters. The summed E-state index contributed by atoms with van der Waals surface area (Å²) in [6.45, 7) is 5.63. The largest absolute Gasteiger partial charge is 0.319 e. The number of aryl methyl sites for hydroxylation is 1. The molecule has 0 saturated carbocycles. The van der Waals surface area contributed by atoms with Crippen LogP contribution in [0.4, 0.5) is 5.69 Å². The van der Waals surface area contributed by atoms with Gasteiger partial charge in [0.15, 0.2) is 0 Å². The summed E-state index contributed by atoms with van der Waals surface area (Å²) in [5, 5.41) is 11.2. The summed E-state index contributed by atoms with van der Waals surface area (Å²) in [6, 6.07) is 15.1. The fourth-order valence-corrected chi connectivity index (χ4v) is 3.09. The van der Waals surface area contributed by atoms with Crippen molar-refractivity contribution in [3.8, 4) is 5.69 Å². The Morgan fingerprint density at radius 2 is 1.86 bits per heavy atom. The molecule has 3 rings (SSSR count). The number of nitrogens with one attached hydrogen (secondary N) is 2. The molecule has 28 heavy (non-hydrogen) atoms. The number of benzene rings is 2. The molecule has 0 aliphatic carbocycles. The van der Waals surface area contributed by atoms with Crippen molar-refractivity contribution in [2.75, 3.05) is 11.9 Å². The van der Waals surface area contributed by atoms with Gasteiger partial charge in [-0.05, 0) is 36.7 Å². The Labute approximate surface area is 169 Å². The van der Waals surface area contributed by atoms with Crippen molar-refractivity contribution < 1.29 is 4.79 Å². The number of hydrogen-bond donors (Lipinski definition) is 2. The van der Waals surface area contributed by atoms with Crippen LogP contribution in [0.15, 0.2) is 48.5 Å². The van der Waals surface area contributed by atoms with E-state index < -0.39 is 0 Å². The highest BCUT2D eigenvalue weighted by molar-refractivity contribution is 6.32. The minimum absolute atomic E-state index is 0.127. The van der Waals surface area contributed by atoms with Gasteiger partial charge in [-0.2, -0.15) is 0 Å². The molecular formula is C21H24ClN5O. The van der Waals surface area contributed by atoms with Crippen LogP contribution in [0, 0.1) is 0 Å². The van der Waals surface area contributed by atoms with E-state index in [9.17, 15) is 4.79 Å². The van der Waals surface area contributed by atoms with Gasteiger partial charge < -0.3 is 10.6 Å². The molecule has 0 aliphatic heterocycles. The first-order chi connectivity index (χ1) is 13.6. The standard InChI is InChI=1S/C21H24ClN5O/c1-3-9-19-25-20(26-27(19)18-13-8-6-11-16(18)22)21(28)24-17-12-7-5-10-15(17)14-23-4-2/h5-8,10-13,23H,3-4,9,14H2,1-2H3,(H,24,28). The maximum Gasteiger partial charge on any atom is 0.295 e. The normalized spacial score (nSPS) is 10.8. The Balaban J connectivity index is 1.89. The number of aromatic nitrogens is 3. The van der Waals surface area contributed by atoms with E-state index in [1.165, 1.54) is 0 Å². The highest BCUT2D eigenvalue weighted by Crippen LogP contribution is 2.22. The molecule has 2 N–H and O–H groups in total. The van der Waals surface area contributed by atoms with Gasteiger partial charge in [-0.15, -0.1) is 5.10 Å². The van der Waals surface area contributed by atoms with E-state index in [0.717, 1.165) is 24.2 Å². The number of hydrogen-bond acceptors (Lipinski definition) is 4. The molecule has 0 aliphatic rings. The van der Waals surface area contributed by atoms with E-state index in [0.29, 0.717) is 29.5 Å². The molecule has 6 nitrogen and oxygen atoms in total. The zero-order valence-corrected chi connectivity index (χ0v) is 16.8. The fourth-order valence-electron chi connectivity index (χ4n) is 2.88. The molecule has 7 heteroatoms. The fraction of sp³-hybridized carbons (Fsp3) is 0.286. The first-order valence-electron chi connectivity index (χ1n) is 9.44. The molecule has 3 aromatic rings. The molecule has 0 bridgehead atoms. The monoisotopic (exact) mass is 397 g/mol. The number of carbonyl (C=O) groups excluding carboxylic acids is 1. The molecular weight excluding hydrogens is 374 g/mol. The van der Waals surface area contributed by atoms with E-state index >= 15 is 0 Å². The van der Waals surface area contributed by atoms with Crippen molar-refractivity contribution in [2.45, 2.75) is 33.2 Å². The summed E-state index contributed by atoms with van der Waals surface area (Å²) in [4.78, 5) is 17.3. The SMILES string of the molecule is CCCc1nc(C(=O)Nc2ccccc2CNCC)nn1-c1ccccc1Cl. The zero-order valence-electron chi connectivity index (χ0n) is 16.1. The van der Waals surface area contributed by atoms with Gasteiger partial charge in [-0.25, -0.2) is 9.67 Å². The van der Waals surface area contributed by atoms with E-state index in [-0.39, 0.29) is 11.7 Å². The van der Waals surface area contributed by atoms with E-state index in [4.69, 9.17) is 11.6 Å². The summed E-state index contributed by atoms with van der Waals surface area (Å²) >= 11 is 6.32. The van der Waals surface area contributed by atoms with E-state index in [1.54, 1.807) is 10.7 Å². The van der Waals surface area contributed by atoms with Crippen molar-refractivity contribution in [3.63, 3.8) is 0 Å². The smallest absolute Gasteiger partial charge is 0.295 e. The highest BCUT2D eigenvalue weighted by Gasteiger charge is 2.19. The number of carbonyl (C=O) groups is 1. The molecule has 0 saturated heterocycles. The zero-order chi connectivity index (χ0) is 19.9. The number of amides is 1. The van der Waals surface area contributed by atoms with Crippen LogP contribution in [0.5, 0.6) is 0 Å². The first-order valence-corrected chi connectivity index (χ1v) is 9.82. The molecule has 0 spiro atoms. The number of halogens is 1. The van der Waals surface area contributed by atoms with Gasteiger partial charge in [-0.1, -0.05) is 55.8 Å². The van der Waals surface area contributed by atoms with Crippen molar-refractivity contribution in [3.05, 3.63) is 70.8 Å². The maximum atomic E-state index is 12.8. The third kappa shape index (κ3) is 4.58. The second-order valence-corrected chi connectivity index (χ2v) is 6.76. The molecule has 0 fully saturated rings. The van der Waals surface area contributed by atoms with Crippen LogP contribution in [-0.2, 0) is 13.0 Å². The third-order valence-electron chi connectivity index (χ3n) is 4.26. The van der Waals surface area contributed by atoms with Crippen molar-refractivity contribution in [1.82, 2.24) is 20.1 Å². The van der Waals surface area contributed by atoms with Crippen LogP contribution in [0.1, 0.15) is 42.3 Å². The molecule has 146 valence electrons. The van der Waals surface area contributed by atoms with Crippen LogP contribution >= 0.6 is 11.6 Å². The highest BCUT2D eigenvalue weighted by atomic mass is 35.5. The summed E-state index contributed by atoms with van der Waals surface area (Å²) < 4.78 is 1.66. The van der Waals surface area contributed by atoms with Crippen LogP contribution in [0.2, 0.25) is 5.02 Å². The second-order valence-electron chi connectivity index (χ2n) is 6.36. The van der Waals surface area contributed by atoms with Gasteiger partial charge in [0.2, 0.25) is 5.82 Å². The summed E-state index contributed by atoms with van der Waals surface area (Å²) in [7, 11) is 0. The summed E-state index contributed by atoms with van der Waals surface area (Å²) in [5.41, 5.74) is 2.48. The lowest BCUT2D eigenvalue weighted by molar-refractivity contribution is 0.101. The van der Waals surface area contributed by atoms with Crippen LogP contribution in [0.3, 0.4) is 0 Å². The number of para-hydroxylation sites is 2. The molecule has 0 radical (unpaired) electrons. The number of nitrogens with zero attached hydrogens (tertiary/aromatic N) is 3. The van der Waals surface area contributed by atoms with Crippen LogP contribution in [-0.4, -0.2) is 27.2 Å². The lowest BCUT2D eigenvalue weighted by atomic mass is 10.1. The van der Waals surface area contributed by atoms with E-state index in [1.807, 2.05) is 49.4 Å². The molecule has 1 aromatic heterocycles.